The summed E-state index contributed by atoms with van der Waals surface area (Å²) < 4.78 is 3.05. The summed E-state index contributed by atoms with van der Waals surface area (Å²) in [4.78, 5) is 12.3. The lowest BCUT2D eigenvalue weighted by Crippen LogP contribution is -2.24. The highest BCUT2D eigenvalue weighted by atomic mass is 16.3. The molecular weight excluding hydrogens is 266 g/mol. The zero-order valence-corrected chi connectivity index (χ0v) is 12.0. The molecule has 1 N–H and O–H groups in total. The number of fused-ring (bicyclic) bond motifs is 1. The first-order chi connectivity index (χ1) is 10.1. The molecule has 5 nitrogen and oxygen atoms in total. The zero-order chi connectivity index (χ0) is 15.0. The van der Waals surface area contributed by atoms with Crippen LogP contribution in [-0.2, 0) is 6.54 Å². The Labute approximate surface area is 122 Å². The quantitative estimate of drug-likeness (QED) is 0.798. The molecule has 0 saturated heterocycles. The summed E-state index contributed by atoms with van der Waals surface area (Å²) in [6, 6.07) is 7.62. The Balaban J connectivity index is 1.96. The number of aromatic nitrogens is 3. The minimum atomic E-state index is -0.715. The van der Waals surface area contributed by atoms with Gasteiger partial charge in [-0.25, -0.2) is 4.52 Å². The Morgan fingerprint density at radius 3 is 2.86 bits per heavy atom. The standard InChI is InChI=1S/C16H17N3O2/c1-11-3-4-12(2)13(9-11)15(20)10-18-7-8-19-14(16(18)21)5-6-17-19/h3-9,15,20H,10H2,1-2H3. The van der Waals surface area contributed by atoms with E-state index >= 15 is 0 Å². The molecule has 1 unspecified atom stereocenters. The van der Waals surface area contributed by atoms with E-state index in [0.29, 0.717) is 5.52 Å². The van der Waals surface area contributed by atoms with Crippen LogP contribution in [0.4, 0.5) is 0 Å². The summed E-state index contributed by atoms with van der Waals surface area (Å²) in [6.45, 7) is 4.17. The molecule has 3 aromatic rings. The van der Waals surface area contributed by atoms with E-state index in [-0.39, 0.29) is 12.1 Å². The van der Waals surface area contributed by atoms with Crippen molar-refractivity contribution in [3.63, 3.8) is 0 Å². The van der Waals surface area contributed by atoms with E-state index in [1.54, 1.807) is 24.7 Å². The third-order valence-electron chi connectivity index (χ3n) is 3.70. The zero-order valence-electron chi connectivity index (χ0n) is 12.0. The molecule has 1 aromatic carbocycles. The fourth-order valence-electron chi connectivity index (χ4n) is 2.51. The molecular formula is C16H17N3O2. The lowest BCUT2D eigenvalue weighted by Gasteiger charge is -2.16. The van der Waals surface area contributed by atoms with Crippen molar-refractivity contribution >= 4 is 5.52 Å². The van der Waals surface area contributed by atoms with Gasteiger partial charge in [0.05, 0.1) is 18.8 Å². The average molecular weight is 283 g/mol. The van der Waals surface area contributed by atoms with Crippen LogP contribution in [0.2, 0.25) is 0 Å². The number of nitrogens with zero attached hydrogens (tertiary/aromatic N) is 3. The summed E-state index contributed by atoms with van der Waals surface area (Å²) in [5.41, 5.74) is 3.32. The van der Waals surface area contributed by atoms with Gasteiger partial charge < -0.3 is 9.67 Å². The maximum absolute atomic E-state index is 12.3. The highest BCUT2D eigenvalue weighted by Gasteiger charge is 2.13. The number of hydrogen-bond donors (Lipinski definition) is 1. The van der Waals surface area contributed by atoms with Crippen molar-refractivity contribution in [3.8, 4) is 0 Å². The Bertz CT molecular complexity index is 848. The van der Waals surface area contributed by atoms with Gasteiger partial charge in [0, 0.05) is 12.4 Å². The molecule has 0 bridgehead atoms. The van der Waals surface area contributed by atoms with Crippen LogP contribution in [0.1, 0.15) is 22.8 Å². The van der Waals surface area contributed by atoms with Crippen LogP contribution in [0.5, 0.6) is 0 Å². The van der Waals surface area contributed by atoms with Gasteiger partial charge in [-0.2, -0.15) is 5.10 Å². The highest BCUT2D eigenvalue weighted by molar-refractivity contribution is 5.42. The molecule has 0 radical (unpaired) electrons. The summed E-state index contributed by atoms with van der Waals surface area (Å²) in [5, 5.41) is 14.5. The van der Waals surface area contributed by atoms with Gasteiger partial charge in [0.25, 0.3) is 5.56 Å². The van der Waals surface area contributed by atoms with Crippen LogP contribution in [0.3, 0.4) is 0 Å². The number of aliphatic hydroxyl groups excluding tert-OH is 1. The van der Waals surface area contributed by atoms with Crippen LogP contribution in [0, 0.1) is 13.8 Å². The SMILES string of the molecule is Cc1ccc(C)c(C(O)Cn2ccn3nccc3c2=O)c1. The third-order valence-corrected chi connectivity index (χ3v) is 3.70. The Morgan fingerprint density at radius 1 is 1.24 bits per heavy atom. The molecule has 3 rings (SSSR count). The first-order valence-electron chi connectivity index (χ1n) is 6.84. The predicted octanol–water partition coefficient (Wildman–Crippen LogP) is 1.85. The number of aryl methyl sites for hydroxylation is 2. The molecule has 0 saturated carbocycles. The van der Waals surface area contributed by atoms with Crippen LogP contribution >= 0.6 is 0 Å². The molecule has 0 aliphatic heterocycles. The topological polar surface area (TPSA) is 59.5 Å². The van der Waals surface area contributed by atoms with Crippen molar-refractivity contribution < 1.29 is 5.11 Å². The second kappa shape index (κ2) is 5.18. The van der Waals surface area contributed by atoms with Crippen molar-refractivity contribution in [3.05, 3.63) is 69.9 Å². The van der Waals surface area contributed by atoms with Gasteiger partial charge in [0.15, 0.2) is 0 Å². The predicted molar refractivity (Wildman–Crippen MR) is 80.3 cm³/mol. The number of hydrogen-bond acceptors (Lipinski definition) is 3. The van der Waals surface area contributed by atoms with E-state index in [2.05, 4.69) is 5.10 Å². The van der Waals surface area contributed by atoms with Crippen molar-refractivity contribution in [1.29, 1.82) is 0 Å². The Morgan fingerprint density at radius 2 is 2.05 bits per heavy atom. The third kappa shape index (κ3) is 2.48. The second-order valence-corrected chi connectivity index (χ2v) is 5.29. The molecule has 1 atom stereocenters. The molecule has 108 valence electrons. The molecule has 0 spiro atoms. The molecule has 5 heteroatoms. The first-order valence-corrected chi connectivity index (χ1v) is 6.84. The molecule has 2 heterocycles. The minimum absolute atomic E-state index is 0.153. The Hall–Kier alpha value is -2.40. The first kappa shape index (κ1) is 13.6. The second-order valence-electron chi connectivity index (χ2n) is 5.29. The van der Waals surface area contributed by atoms with Gasteiger partial charge in [-0.1, -0.05) is 23.8 Å². The van der Waals surface area contributed by atoms with E-state index < -0.39 is 6.10 Å². The van der Waals surface area contributed by atoms with Gasteiger partial charge in [0.2, 0.25) is 0 Å². The van der Waals surface area contributed by atoms with Gasteiger partial charge in [-0.3, -0.25) is 4.79 Å². The van der Waals surface area contributed by atoms with Crippen LogP contribution in [0.25, 0.3) is 5.52 Å². The van der Waals surface area contributed by atoms with E-state index in [4.69, 9.17) is 0 Å². The normalized spacial score (nSPS) is 12.7. The summed E-state index contributed by atoms with van der Waals surface area (Å²) in [6.07, 6.45) is 4.24. The fraction of sp³-hybridized carbons (Fsp3) is 0.250. The molecule has 2 aromatic heterocycles. The highest BCUT2D eigenvalue weighted by Crippen LogP contribution is 2.20. The molecule has 0 amide bonds. The average Bonchev–Trinajstić information content (AvgIpc) is 2.93. The minimum Gasteiger partial charge on any atom is -0.387 e. The lowest BCUT2D eigenvalue weighted by atomic mass is 10.0. The number of benzene rings is 1. The molecule has 0 aliphatic rings. The van der Waals surface area contributed by atoms with Crippen LogP contribution < -0.4 is 5.56 Å². The monoisotopic (exact) mass is 283 g/mol. The van der Waals surface area contributed by atoms with E-state index in [1.807, 2.05) is 32.0 Å². The summed E-state index contributed by atoms with van der Waals surface area (Å²) in [7, 11) is 0. The van der Waals surface area contributed by atoms with E-state index in [1.165, 1.54) is 9.08 Å². The van der Waals surface area contributed by atoms with Gasteiger partial charge in [-0.05, 0) is 31.0 Å². The Kier molecular flexibility index (Phi) is 3.35. The lowest BCUT2D eigenvalue weighted by molar-refractivity contribution is 0.154. The van der Waals surface area contributed by atoms with E-state index in [9.17, 15) is 9.90 Å². The molecule has 21 heavy (non-hydrogen) atoms. The van der Waals surface area contributed by atoms with E-state index in [0.717, 1.165) is 16.7 Å². The van der Waals surface area contributed by atoms with Crippen molar-refractivity contribution in [2.24, 2.45) is 0 Å². The summed E-state index contributed by atoms with van der Waals surface area (Å²) in [5.74, 6) is 0. The van der Waals surface area contributed by atoms with Crippen molar-refractivity contribution in [2.75, 3.05) is 0 Å². The maximum atomic E-state index is 12.3. The summed E-state index contributed by atoms with van der Waals surface area (Å²) >= 11 is 0. The van der Waals surface area contributed by atoms with Crippen molar-refractivity contribution in [1.82, 2.24) is 14.2 Å². The number of aliphatic hydroxyl groups is 1. The van der Waals surface area contributed by atoms with Gasteiger partial charge in [-0.15, -0.1) is 0 Å². The van der Waals surface area contributed by atoms with Gasteiger partial charge in [0.1, 0.15) is 5.52 Å². The van der Waals surface area contributed by atoms with Crippen molar-refractivity contribution in [2.45, 2.75) is 26.5 Å². The maximum Gasteiger partial charge on any atom is 0.276 e. The fourth-order valence-corrected chi connectivity index (χ4v) is 2.51. The van der Waals surface area contributed by atoms with Crippen LogP contribution in [-0.4, -0.2) is 19.3 Å². The molecule has 0 aliphatic carbocycles. The largest absolute Gasteiger partial charge is 0.387 e. The van der Waals surface area contributed by atoms with Crippen LogP contribution in [0.15, 0.2) is 47.7 Å². The molecule has 0 fully saturated rings. The number of rotatable bonds is 3. The van der Waals surface area contributed by atoms with Gasteiger partial charge >= 0.3 is 0 Å². The smallest absolute Gasteiger partial charge is 0.276 e.